The van der Waals surface area contributed by atoms with E-state index in [9.17, 15) is 9.90 Å². The van der Waals surface area contributed by atoms with Gasteiger partial charge in [0.05, 0.1) is 16.2 Å². The normalized spacial score (nSPS) is 10.6. The van der Waals surface area contributed by atoms with E-state index in [-0.39, 0.29) is 5.56 Å². The first-order valence-corrected chi connectivity index (χ1v) is 12.4. The number of anilines is 2. The van der Waals surface area contributed by atoms with Crippen molar-refractivity contribution in [2.75, 3.05) is 12.4 Å². The Balaban J connectivity index is 1.61. The molecule has 2 N–H and O–H groups in total. The van der Waals surface area contributed by atoms with Gasteiger partial charge in [-0.1, -0.05) is 87.3 Å². The molecule has 0 aliphatic rings. The molecule has 0 heterocycles. The number of para-hydroxylation sites is 1. The second kappa shape index (κ2) is 12.9. The third-order valence-electron chi connectivity index (χ3n) is 5.92. The molecule has 178 valence electrons. The van der Waals surface area contributed by atoms with Crippen molar-refractivity contribution in [1.29, 1.82) is 0 Å². The van der Waals surface area contributed by atoms with Crippen LogP contribution in [-0.4, -0.2) is 28.0 Å². The summed E-state index contributed by atoms with van der Waals surface area (Å²) in [6, 6.07) is 23.5. The molecular formula is C29H34N2O2S. The first-order valence-electron chi connectivity index (χ1n) is 12.0. The maximum Gasteiger partial charge on any atom is 0.337 e. The van der Waals surface area contributed by atoms with Gasteiger partial charge in [-0.25, -0.2) is 4.79 Å². The van der Waals surface area contributed by atoms with Gasteiger partial charge in [0.25, 0.3) is 0 Å². The van der Waals surface area contributed by atoms with E-state index in [0.717, 1.165) is 34.8 Å². The fourth-order valence-electron chi connectivity index (χ4n) is 3.96. The van der Waals surface area contributed by atoms with E-state index >= 15 is 0 Å². The van der Waals surface area contributed by atoms with Crippen LogP contribution in [0.1, 0.15) is 61.4 Å². The van der Waals surface area contributed by atoms with Crippen LogP contribution in [0.2, 0.25) is 0 Å². The van der Waals surface area contributed by atoms with Gasteiger partial charge < -0.3 is 15.3 Å². The molecule has 3 aromatic rings. The molecule has 5 heteroatoms. The number of nitrogens with zero attached hydrogens (tertiary/aromatic N) is 1. The number of carboxylic acid groups (broad SMARTS) is 1. The monoisotopic (exact) mass is 474 g/mol. The van der Waals surface area contributed by atoms with Crippen molar-refractivity contribution in [2.45, 2.75) is 52.0 Å². The van der Waals surface area contributed by atoms with Gasteiger partial charge in [0.2, 0.25) is 0 Å². The number of nitrogens with one attached hydrogen (secondary N) is 1. The Bertz CT molecular complexity index is 1100. The fourth-order valence-corrected chi connectivity index (χ4v) is 4.17. The number of hydrogen-bond acceptors (Lipinski definition) is 3. The zero-order valence-electron chi connectivity index (χ0n) is 20.1. The minimum absolute atomic E-state index is 0.252. The van der Waals surface area contributed by atoms with E-state index in [0.29, 0.717) is 5.69 Å². The molecule has 0 aliphatic carbocycles. The van der Waals surface area contributed by atoms with Crippen molar-refractivity contribution in [3.05, 3.63) is 83.9 Å². The van der Waals surface area contributed by atoms with Gasteiger partial charge in [-0.3, -0.25) is 0 Å². The lowest BCUT2D eigenvalue weighted by Gasteiger charge is -2.20. The third-order valence-corrected chi connectivity index (χ3v) is 6.44. The van der Waals surface area contributed by atoms with Crippen LogP contribution in [0.25, 0.3) is 11.1 Å². The Morgan fingerprint density at radius 2 is 1.65 bits per heavy atom. The van der Waals surface area contributed by atoms with Crippen molar-refractivity contribution < 1.29 is 9.90 Å². The minimum atomic E-state index is -0.947. The highest BCUT2D eigenvalue weighted by atomic mass is 32.1. The van der Waals surface area contributed by atoms with Crippen LogP contribution in [-0.2, 0) is 6.54 Å². The molecule has 0 aromatic heterocycles. The number of rotatable bonds is 12. The van der Waals surface area contributed by atoms with E-state index in [1.807, 2.05) is 18.2 Å². The molecule has 0 saturated heterocycles. The van der Waals surface area contributed by atoms with E-state index in [4.69, 9.17) is 12.2 Å². The second-order valence-electron chi connectivity index (χ2n) is 8.67. The zero-order valence-corrected chi connectivity index (χ0v) is 20.9. The van der Waals surface area contributed by atoms with Gasteiger partial charge in [-0.15, -0.1) is 0 Å². The van der Waals surface area contributed by atoms with Crippen molar-refractivity contribution >= 4 is 34.6 Å². The van der Waals surface area contributed by atoms with E-state index in [1.54, 1.807) is 18.2 Å². The first kappa shape index (κ1) is 25.4. The van der Waals surface area contributed by atoms with Gasteiger partial charge in [-0.2, -0.15) is 0 Å². The Hall–Kier alpha value is -3.18. The largest absolute Gasteiger partial charge is 0.478 e. The summed E-state index contributed by atoms with van der Waals surface area (Å²) in [6.07, 6.45) is 7.27. The Morgan fingerprint density at radius 1 is 0.912 bits per heavy atom. The maximum absolute atomic E-state index is 11.4. The molecule has 3 aromatic carbocycles. The summed E-state index contributed by atoms with van der Waals surface area (Å²) >= 11 is 5.66. The number of unbranched alkanes of at least 4 members (excludes halogenated alkanes) is 4. The highest BCUT2D eigenvalue weighted by Crippen LogP contribution is 2.26. The summed E-state index contributed by atoms with van der Waals surface area (Å²) in [5.41, 5.74) is 5.16. The molecule has 0 aliphatic heterocycles. The first-order chi connectivity index (χ1) is 16.5. The van der Waals surface area contributed by atoms with E-state index < -0.39 is 5.97 Å². The zero-order chi connectivity index (χ0) is 24.3. The summed E-state index contributed by atoms with van der Waals surface area (Å²) in [7, 11) is 2.08. The van der Waals surface area contributed by atoms with Crippen LogP contribution < -0.4 is 5.32 Å². The standard InChI is InChI=1S/C29H34N2O2S/c1-3-4-5-6-7-15-28(34)31(2)21-22-11-10-12-24(20-22)23-16-18-25(19-17-23)30-27-14-9-8-13-26(27)29(32)33/h8-14,16-20,30H,3-7,15,21H2,1-2H3,(H,32,33). The minimum Gasteiger partial charge on any atom is -0.478 e. The van der Waals surface area contributed by atoms with E-state index in [2.05, 4.69) is 60.6 Å². The predicted octanol–water partition coefficient (Wildman–Crippen LogP) is 7.92. The van der Waals surface area contributed by atoms with Crippen LogP contribution in [0.15, 0.2) is 72.8 Å². The molecule has 0 fully saturated rings. The van der Waals surface area contributed by atoms with Gasteiger partial charge in [0.1, 0.15) is 0 Å². The summed E-state index contributed by atoms with van der Waals surface area (Å²) < 4.78 is 0. The summed E-state index contributed by atoms with van der Waals surface area (Å²) in [6.45, 7) is 3.03. The average molecular weight is 475 g/mol. The topological polar surface area (TPSA) is 52.6 Å². The van der Waals surface area contributed by atoms with Gasteiger partial charge in [0, 0.05) is 19.3 Å². The molecule has 0 unspecified atom stereocenters. The quantitative estimate of drug-likeness (QED) is 0.206. The second-order valence-corrected chi connectivity index (χ2v) is 9.14. The molecule has 0 amide bonds. The lowest BCUT2D eigenvalue weighted by Crippen LogP contribution is -2.24. The molecule has 0 saturated carbocycles. The van der Waals surface area contributed by atoms with Crippen molar-refractivity contribution in [3.8, 4) is 11.1 Å². The number of thiocarbonyl (C=S) groups is 1. The molecule has 4 nitrogen and oxygen atoms in total. The Kier molecular flexibility index (Phi) is 9.65. The van der Waals surface area contributed by atoms with Gasteiger partial charge >= 0.3 is 5.97 Å². The van der Waals surface area contributed by atoms with Crippen LogP contribution in [0.5, 0.6) is 0 Å². The number of carboxylic acids is 1. The van der Waals surface area contributed by atoms with E-state index in [1.165, 1.54) is 37.7 Å². The Labute approximate surface area is 208 Å². The summed E-state index contributed by atoms with van der Waals surface area (Å²) in [5.74, 6) is -0.947. The maximum atomic E-state index is 11.4. The van der Waals surface area contributed by atoms with Crippen LogP contribution >= 0.6 is 12.2 Å². The van der Waals surface area contributed by atoms with Gasteiger partial charge in [-0.05, 0) is 59.9 Å². The van der Waals surface area contributed by atoms with Crippen molar-refractivity contribution in [3.63, 3.8) is 0 Å². The number of benzene rings is 3. The molecule has 0 atom stereocenters. The molecule has 0 spiro atoms. The fraction of sp³-hybridized carbons (Fsp3) is 0.310. The molecular weight excluding hydrogens is 440 g/mol. The van der Waals surface area contributed by atoms with Crippen LogP contribution in [0, 0.1) is 0 Å². The average Bonchev–Trinajstić information content (AvgIpc) is 2.84. The highest BCUT2D eigenvalue weighted by molar-refractivity contribution is 7.80. The number of aromatic carboxylic acids is 1. The molecule has 0 radical (unpaired) electrons. The summed E-state index contributed by atoms with van der Waals surface area (Å²) in [5, 5.41) is 12.6. The number of hydrogen-bond donors (Lipinski definition) is 2. The van der Waals surface area contributed by atoms with Crippen molar-refractivity contribution in [2.24, 2.45) is 0 Å². The molecule has 0 bridgehead atoms. The molecule has 3 rings (SSSR count). The lowest BCUT2D eigenvalue weighted by molar-refractivity contribution is 0.0698. The van der Waals surface area contributed by atoms with Crippen molar-refractivity contribution in [1.82, 2.24) is 4.90 Å². The van der Waals surface area contributed by atoms with Crippen LogP contribution in [0.3, 0.4) is 0 Å². The third kappa shape index (κ3) is 7.42. The van der Waals surface area contributed by atoms with Gasteiger partial charge in [0.15, 0.2) is 0 Å². The SMILES string of the molecule is CCCCCCCC(=S)N(C)Cc1cccc(-c2ccc(Nc3ccccc3C(=O)O)cc2)c1. The predicted molar refractivity (Wildman–Crippen MR) is 146 cm³/mol. The Morgan fingerprint density at radius 3 is 2.38 bits per heavy atom. The van der Waals surface area contributed by atoms with Crippen LogP contribution in [0.4, 0.5) is 11.4 Å². The highest BCUT2D eigenvalue weighted by Gasteiger charge is 2.10. The number of carbonyl (C=O) groups is 1. The smallest absolute Gasteiger partial charge is 0.337 e. The lowest BCUT2D eigenvalue weighted by atomic mass is 10.0. The summed E-state index contributed by atoms with van der Waals surface area (Å²) in [4.78, 5) is 14.6. The molecule has 34 heavy (non-hydrogen) atoms.